The van der Waals surface area contributed by atoms with Crippen molar-refractivity contribution in [2.45, 2.75) is 19.3 Å². The van der Waals surface area contributed by atoms with Crippen LogP contribution in [0.25, 0.3) is 11.5 Å². The summed E-state index contributed by atoms with van der Waals surface area (Å²) in [6, 6.07) is 2.80. The number of fused-ring (bicyclic) bond motifs is 1. The molecule has 1 aliphatic heterocycles. The number of halogens is 2. The second-order valence-electron chi connectivity index (χ2n) is 6.63. The number of hydrogen-bond donors (Lipinski definition) is 0. The second kappa shape index (κ2) is 7.11. The van der Waals surface area contributed by atoms with Crippen molar-refractivity contribution in [3.63, 3.8) is 0 Å². The smallest absolute Gasteiger partial charge is 0.244 e. The number of hydrogen-bond acceptors (Lipinski definition) is 6. The van der Waals surface area contributed by atoms with Crippen LogP contribution in [0, 0.1) is 11.6 Å². The summed E-state index contributed by atoms with van der Waals surface area (Å²) in [6.07, 6.45) is 2.16. The number of carbonyl (C=O) groups is 2. The van der Waals surface area contributed by atoms with Crippen LogP contribution in [0.3, 0.4) is 0 Å². The first-order valence-electron chi connectivity index (χ1n) is 8.83. The van der Waals surface area contributed by atoms with Gasteiger partial charge in [-0.25, -0.2) is 13.8 Å². The van der Waals surface area contributed by atoms with E-state index in [-0.39, 0.29) is 35.0 Å². The summed E-state index contributed by atoms with van der Waals surface area (Å²) in [5.41, 5.74) is -0.274. The minimum Gasteiger partial charge on any atom is -0.432 e. The Bertz CT molecular complexity index is 946. The summed E-state index contributed by atoms with van der Waals surface area (Å²) in [5, 5.41) is 0. The molecule has 1 aromatic carbocycles. The molecule has 6 nitrogen and oxygen atoms in total. The van der Waals surface area contributed by atoms with Crippen LogP contribution >= 0.6 is 0 Å². The molecule has 140 valence electrons. The summed E-state index contributed by atoms with van der Waals surface area (Å²) in [6.45, 7) is 3.19. The molecule has 1 fully saturated rings. The van der Waals surface area contributed by atoms with Crippen molar-refractivity contribution in [3.8, 4) is 11.5 Å². The number of carbonyl (C=O) groups excluding carboxylic acids is 2. The molecular weight excluding hydrogens is 356 g/mol. The molecule has 2 aromatic rings. The van der Waals surface area contributed by atoms with Gasteiger partial charge in [-0.1, -0.05) is 0 Å². The number of aromatic nitrogens is 1. The van der Waals surface area contributed by atoms with Crippen LogP contribution in [0.4, 0.5) is 8.78 Å². The number of rotatable bonds is 4. The van der Waals surface area contributed by atoms with Crippen LogP contribution < -0.4 is 0 Å². The van der Waals surface area contributed by atoms with Gasteiger partial charge in [-0.15, -0.1) is 0 Å². The lowest BCUT2D eigenvalue weighted by atomic mass is 9.97. The highest BCUT2D eigenvalue weighted by Gasteiger charge is 2.35. The molecule has 8 heteroatoms. The molecular formula is C19H17F2N3O3. The van der Waals surface area contributed by atoms with E-state index < -0.39 is 23.2 Å². The Balaban J connectivity index is 1.59. The highest BCUT2D eigenvalue weighted by molar-refractivity contribution is 6.51. The van der Waals surface area contributed by atoms with E-state index in [1.807, 2.05) is 0 Å². The van der Waals surface area contributed by atoms with E-state index >= 15 is 0 Å². The molecule has 0 unspecified atom stereocenters. The van der Waals surface area contributed by atoms with E-state index in [1.54, 1.807) is 0 Å². The fourth-order valence-electron chi connectivity index (χ4n) is 3.35. The quantitative estimate of drug-likeness (QED) is 0.824. The molecule has 2 aliphatic rings. The zero-order chi connectivity index (χ0) is 19.0. The van der Waals surface area contributed by atoms with E-state index in [2.05, 4.69) is 14.9 Å². The normalized spacial score (nSPS) is 19.1. The Morgan fingerprint density at radius 3 is 2.74 bits per heavy atom. The summed E-state index contributed by atoms with van der Waals surface area (Å²) in [5.74, 6) is -2.93. The van der Waals surface area contributed by atoms with Crippen molar-refractivity contribution in [1.29, 1.82) is 0 Å². The zero-order valence-electron chi connectivity index (χ0n) is 14.5. The minimum atomic E-state index is -0.755. The van der Waals surface area contributed by atoms with Gasteiger partial charge in [0.2, 0.25) is 17.4 Å². The molecule has 0 atom stereocenters. The number of aliphatic imine (C=N–C) groups is 1. The Morgan fingerprint density at radius 2 is 1.96 bits per heavy atom. The Labute approximate surface area is 153 Å². The number of benzene rings is 1. The van der Waals surface area contributed by atoms with Crippen LogP contribution in [-0.2, 0) is 0 Å². The maximum atomic E-state index is 13.9. The number of likely N-dealkylation sites (tertiary alicyclic amines) is 1. The third-order valence-corrected chi connectivity index (χ3v) is 4.76. The SMILES string of the molecule is O=C1CC(=NCCN2CCCC2)C(=O)c2oc(-c3cc(F)ccc3F)nc21. The third kappa shape index (κ3) is 3.44. The minimum absolute atomic E-state index is 0.120. The molecule has 27 heavy (non-hydrogen) atoms. The molecule has 0 saturated carbocycles. The van der Waals surface area contributed by atoms with Gasteiger partial charge >= 0.3 is 0 Å². The van der Waals surface area contributed by atoms with Gasteiger partial charge in [-0.05, 0) is 44.1 Å². The van der Waals surface area contributed by atoms with Gasteiger partial charge in [0.05, 0.1) is 24.2 Å². The maximum absolute atomic E-state index is 13.9. The highest BCUT2D eigenvalue weighted by Crippen LogP contribution is 2.29. The number of oxazole rings is 1. The standard InChI is InChI=1S/C19H17F2N3O3/c20-11-3-4-13(21)12(9-11)19-23-16-15(25)10-14(17(26)18(16)27-19)22-5-8-24-6-1-2-7-24/h3-4,9H,1-2,5-8,10H2. The Hall–Kier alpha value is -2.74. The van der Waals surface area contributed by atoms with Gasteiger partial charge in [0.1, 0.15) is 11.6 Å². The summed E-state index contributed by atoms with van der Waals surface area (Å²) >= 11 is 0. The lowest BCUT2D eigenvalue weighted by molar-refractivity contribution is 0.0949. The summed E-state index contributed by atoms with van der Waals surface area (Å²) in [7, 11) is 0. The van der Waals surface area contributed by atoms with Gasteiger partial charge < -0.3 is 9.32 Å². The highest BCUT2D eigenvalue weighted by atomic mass is 19.1. The van der Waals surface area contributed by atoms with Crippen molar-refractivity contribution < 1.29 is 22.8 Å². The molecule has 4 rings (SSSR count). The fraction of sp³-hybridized carbons (Fsp3) is 0.368. The Kier molecular flexibility index (Phi) is 4.65. The fourth-order valence-corrected chi connectivity index (χ4v) is 3.35. The second-order valence-corrected chi connectivity index (χ2v) is 6.63. The lowest BCUT2D eigenvalue weighted by Gasteiger charge is -2.13. The van der Waals surface area contributed by atoms with Gasteiger partial charge in [0.15, 0.2) is 11.5 Å². The van der Waals surface area contributed by atoms with Crippen molar-refractivity contribution in [3.05, 3.63) is 41.3 Å². The largest absolute Gasteiger partial charge is 0.432 e. The van der Waals surface area contributed by atoms with Crippen molar-refractivity contribution in [1.82, 2.24) is 9.88 Å². The molecule has 1 saturated heterocycles. The monoisotopic (exact) mass is 373 g/mol. The molecule has 1 aromatic heterocycles. The third-order valence-electron chi connectivity index (χ3n) is 4.76. The first kappa shape index (κ1) is 17.7. The average Bonchev–Trinajstić information content (AvgIpc) is 3.31. The molecule has 2 heterocycles. The van der Waals surface area contributed by atoms with E-state index in [4.69, 9.17) is 4.42 Å². The number of Topliss-reactive ketones (excluding diaryl/α,β-unsaturated/α-hetero) is 2. The van der Waals surface area contributed by atoms with E-state index in [1.165, 1.54) is 0 Å². The molecule has 0 amide bonds. The lowest BCUT2D eigenvalue weighted by Crippen LogP contribution is -2.28. The first-order chi connectivity index (χ1) is 13.0. The van der Waals surface area contributed by atoms with Gasteiger partial charge in [0.25, 0.3) is 0 Å². The summed E-state index contributed by atoms with van der Waals surface area (Å²) in [4.78, 5) is 35.4. The van der Waals surface area contributed by atoms with Crippen molar-refractivity contribution >= 4 is 17.3 Å². The molecule has 0 radical (unpaired) electrons. The maximum Gasteiger partial charge on any atom is 0.244 e. The van der Waals surface area contributed by atoms with E-state index in [0.717, 1.165) is 50.7 Å². The topological polar surface area (TPSA) is 75.8 Å². The first-order valence-corrected chi connectivity index (χ1v) is 8.83. The molecule has 0 spiro atoms. The number of ketones is 2. The predicted octanol–water partition coefficient (Wildman–Crippen LogP) is 2.93. The average molecular weight is 373 g/mol. The van der Waals surface area contributed by atoms with Crippen LogP contribution in [0.2, 0.25) is 0 Å². The van der Waals surface area contributed by atoms with Crippen molar-refractivity contribution in [2.75, 3.05) is 26.2 Å². The van der Waals surface area contributed by atoms with Crippen LogP contribution in [-0.4, -0.2) is 53.3 Å². The molecule has 0 bridgehead atoms. The van der Waals surface area contributed by atoms with Gasteiger partial charge in [-0.3, -0.25) is 14.6 Å². The van der Waals surface area contributed by atoms with Crippen molar-refractivity contribution in [2.24, 2.45) is 4.99 Å². The van der Waals surface area contributed by atoms with E-state index in [0.29, 0.717) is 6.54 Å². The zero-order valence-corrected chi connectivity index (χ0v) is 14.5. The predicted molar refractivity (Wildman–Crippen MR) is 93.1 cm³/mol. The number of nitrogens with zero attached hydrogens (tertiary/aromatic N) is 3. The van der Waals surface area contributed by atoms with Gasteiger partial charge in [0, 0.05) is 6.54 Å². The summed E-state index contributed by atoms with van der Waals surface area (Å²) < 4.78 is 32.7. The van der Waals surface area contributed by atoms with Gasteiger partial charge in [-0.2, -0.15) is 0 Å². The molecule has 0 N–H and O–H groups in total. The van der Waals surface area contributed by atoms with Crippen LogP contribution in [0.1, 0.15) is 40.3 Å². The Morgan fingerprint density at radius 1 is 1.19 bits per heavy atom. The van der Waals surface area contributed by atoms with Crippen LogP contribution in [0.5, 0.6) is 0 Å². The molecule has 1 aliphatic carbocycles. The van der Waals surface area contributed by atoms with Crippen LogP contribution in [0.15, 0.2) is 27.6 Å². The van der Waals surface area contributed by atoms with E-state index in [9.17, 15) is 18.4 Å².